The summed E-state index contributed by atoms with van der Waals surface area (Å²) < 4.78 is 65.7. The van der Waals surface area contributed by atoms with Crippen molar-refractivity contribution in [2.75, 3.05) is 13.1 Å². The van der Waals surface area contributed by atoms with Gasteiger partial charge in [-0.1, -0.05) is 6.42 Å². The standard InChI is InChI=1S/C11H15F3N4O2S/c12-11(13,14)9-8(5-16-17-9)21(19,20)18-10-3-1-2-7(10)4-15-6-10/h5,7,15,18H,1-4,6H2,(H,16,17)/t7-,10-/m0/s1. The molecule has 1 saturated carbocycles. The summed E-state index contributed by atoms with van der Waals surface area (Å²) in [5.74, 6) is 0.119. The van der Waals surface area contributed by atoms with Crippen LogP contribution in [0.25, 0.3) is 0 Å². The Labute approximate surface area is 119 Å². The van der Waals surface area contributed by atoms with Gasteiger partial charge in [0.2, 0.25) is 10.0 Å². The van der Waals surface area contributed by atoms with Crippen molar-refractivity contribution in [3.63, 3.8) is 0 Å². The molecule has 0 unspecified atom stereocenters. The number of aromatic nitrogens is 2. The zero-order valence-electron chi connectivity index (χ0n) is 11.0. The lowest BCUT2D eigenvalue weighted by molar-refractivity contribution is -0.143. The van der Waals surface area contributed by atoms with Crippen LogP contribution >= 0.6 is 0 Å². The molecule has 1 aliphatic carbocycles. The fourth-order valence-electron chi connectivity index (χ4n) is 3.32. The Hall–Kier alpha value is -1.13. The van der Waals surface area contributed by atoms with E-state index in [-0.39, 0.29) is 5.92 Å². The summed E-state index contributed by atoms with van der Waals surface area (Å²) in [5.41, 5.74) is -2.02. The first-order valence-electron chi connectivity index (χ1n) is 6.60. The average molecular weight is 324 g/mol. The Balaban J connectivity index is 1.94. The molecule has 118 valence electrons. The molecule has 1 aromatic rings. The lowest BCUT2D eigenvalue weighted by atomic mass is 9.92. The van der Waals surface area contributed by atoms with Crippen molar-refractivity contribution < 1.29 is 21.6 Å². The van der Waals surface area contributed by atoms with Gasteiger partial charge in [-0.3, -0.25) is 5.10 Å². The summed E-state index contributed by atoms with van der Waals surface area (Å²) in [7, 11) is -4.28. The van der Waals surface area contributed by atoms with E-state index in [4.69, 9.17) is 0 Å². The molecule has 2 fully saturated rings. The highest BCUT2D eigenvalue weighted by atomic mass is 32.2. The van der Waals surface area contributed by atoms with Gasteiger partial charge in [0.15, 0.2) is 5.69 Å². The van der Waals surface area contributed by atoms with Gasteiger partial charge < -0.3 is 5.32 Å². The van der Waals surface area contributed by atoms with E-state index < -0.39 is 32.3 Å². The van der Waals surface area contributed by atoms with E-state index in [2.05, 4.69) is 15.1 Å². The van der Waals surface area contributed by atoms with E-state index in [0.717, 1.165) is 12.8 Å². The number of nitrogens with one attached hydrogen (secondary N) is 3. The second-order valence-electron chi connectivity index (χ2n) is 5.59. The maximum Gasteiger partial charge on any atom is 0.434 e. The van der Waals surface area contributed by atoms with Crippen LogP contribution in [0.15, 0.2) is 11.1 Å². The van der Waals surface area contributed by atoms with Crippen LogP contribution in [0.5, 0.6) is 0 Å². The number of H-pyrrole nitrogens is 1. The molecule has 21 heavy (non-hydrogen) atoms. The molecule has 6 nitrogen and oxygen atoms in total. The minimum atomic E-state index is -4.79. The molecular formula is C11H15F3N4O2S. The Morgan fingerprint density at radius 2 is 2.19 bits per heavy atom. The van der Waals surface area contributed by atoms with Crippen LogP contribution in [-0.4, -0.2) is 37.2 Å². The number of hydrogen-bond donors (Lipinski definition) is 3. The van der Waals surface area contributed by atoms with Gasteiger partial charge in [0.25, 0.3) is 0 Å². The largest absolute Gasteiger partial charge is 0.434 e. The molecule has 2 atom stereocenters. The van der Waals surface area contributed by atoms with E-state index in [9.17, 15) is 21.6 Å². The van der Waals surface area contributed by atoms with Gasteiger partial charge in [-0.25, -0.2) is 13.1 Å². The maximum absolute atomic E-state index is 12.8. The van der Waals surface area contributed by atoms with Crippen LogP contribution in [0.2, 0.25) is 0 Å². The number of rotatable bonds is 3. The van der Waals surface area contributed by atoms with Crippen molar-refractivity contribution in [1.82, 2.24) is 20.2 Å². The molecule has 0 radical (unpaired) electrons. The van der Waals surface area contributed by atoms with Crippen molar-refractivity contribution >= 4 is 10.0 Å². The summed E-state index contributed by atoms with van der Waals surface area (Å²) in [6.07, 6.45) is -1.72. The molecule has 0 aromatic carbocycles. The number of aromatic amines is 1. The highest BCUT2D eigenvalue weighted by Crippen LogP contribution is 2.40. The highest BCUT2D eigenvalue weighted by Gasteiger charge is 2.50. The smallest absolute Gasteiger partial charge is 0.315 e. The Kier molecular flexibility index (Phi) is 3.30. The number of nitrogens with zero attached hydrogens (tertiary/aromatic N) is 1. The second-order valence-corrected chi connectivity index (χ2v) is 7.24. The van der Waals surface area contributed by atoms with Gasteiger partial charge in [0, 0.05) is 12.1 Å². The molecular weight excluding hydrogens is 309 g/mol. The maximum atomic E-state index is 12.8. The predicted molar refractivity (Wildman–Crippen MR) is 66.9 cm³/mol. The number of hydrogen-bond acceptors (Lipinski definition) is 4. The number of alkyl halides is 3. The third kappa shape index (κ3) is 2.44. The lowest BCUT2D eigenvalue weighted by Gasteiger charge is -2.29. The van der Waals surface area contributed by atoms with Gasteiger partial charge in [-0.05, 0) is 25.3 Å². The summed E-state index contributed by atoms with van der Waals surface area (Å²) >= 11 is 0. The summed E-state index contributed by atoms with van der Waals surface area (Å²) in [5, 5.41) is 8.06. The van der Waals surface area contributed by atoms with E-state index in [1.165, 1.54) is 0 Å². The van der Waals surface area contributed by atoms with E-state index in [1.54, 1.807) is 5.10 Å². The molecule has 1 aromatic heterocycles. The fraction of sp³-hybridized carbons (Fsp3) is 0.727. The molecule has 0 bridgehead atoms. The van der Waals surface area contributed by atoms with Crippen molar-refractivity contribution in [2.45, 2.75) is 35.9 Å². The van der Waals surface area contributed by atoms with Crippen molar-refractivity contribution in [2.24, 2.45) is 5.92 Å². The molecule has 2 aliphatic rings. The Morgan fingerprint density at radius 1 is 1.43 bits per heavy atom. The number of sulfonamides is 1. The summed E-state index contributed by atoms with van der Waals surface area (Å²) in [4.78, 5) is -0.845. The molecule has 3 rings (SSSR count). The van der Waals surface area contributed by atoms with Crippen LogP contribution in [-0.2, 0) is 16.2 Å². The summed E-state index contributed by atoms with van der Waals surface area (Å²) in [6, 6.07) is 0. The highest BCUT2D eigenvalue weighted by molar-refractivity contribution is 7.89. The van der Waals surface area contributed by atoms with Crippen LogP contribution in [0.3, 0.4) is 0 Å². The van der Waals surface area contributed by atoms with Crippen LogP contribution in [0.4, 0.5) is 13.2 Å². The third-order valence-corrected chi connectivity index (χ3v) is 5.87. The monoisotopic (exact) mass is 324 g/mol. The molecule has 1 saturated heterocycles. The normalized spacial score (nSPS) is 29.8. The lowest BCUT2D eigenvalue weighted by Crippen LogP contribution is -2.51. The van der Waals surface area contributed by atoms with E-state index in [1.807, 2.05) is 0 Å². The number of fused-ring (bicyclic) bond motifs is 1. The van der Waals surface area contributed by atoms with E-state index >= 15 is 0 Å². The molecule has 3 N–H and O–H groups in total. The van der Waals surface area contributed by atoms with Gasteiger partial charge >= 0.3 is 6.18 Å². The zero-order valence-corrected chi connectivity index (χ0v) is 11.8. The molecule has 2 heterocycles. The SMILES string of the molecule is O=S(=O)(N[C@]12CCC[C@H]1CNC2)c1cn[nH]c1C(F)(F)F. The molecule has 1 aliphatic heterocycles. The summed E-state index contributed by atoms with van der Waals surface area (Å²) in [6.45, 7) is 1.12. The minimum Gasteiger partial charge on any atom is -0.315 e. The van der Waals surface area contributed by atoms with Crippen molar-refractivity contribution in [1.29, 1.82) is 0 Å². The first kappa shape index (κ1) is 14.8. The topological polar surface area (TPSA) is 86.9 Å². The van der Waals surface area contributed by atoms with Gasteiger partial charge in [-0.15, -0.1) is 0 Å². The molecule has 10 heteroatoms. The van der Waals surface area contributed by atoms with Crippen LogP contribution in [0.1, 0.15) is 25.0 Å². The second kappa shape index (κ2) is 4.68. The Bertz CT molecular complexity index is 630. The van der Waals surface area contributed by atoms with Gasteiger partial charge in [-0.2, -0.15) is 18.3 Å². The minimum absolute atomic E-state index is 0.119. The zero-order chi connectivity index (χ0) is 15.3. The van der Waals surface area contributed by atoms with E-state index in [0.29, 0.717) is 25.7 Å². The molecule has 0 spiro atoms. The predicted octanol–water partition coefficient (Wildman–Crippen LogP) is 0.849. The van der Waals surface area contributed by atoms with Crippen molar-refractivity contribution in [3.05, 3.63) is 11.9 Å². The fourth-order valence-corrected chi connectivity index (χ4v) is 4.93. The van der Waals surface area contributed by atoms with Crippen molar-refractivity contribution in [3.8, 4) is 0 Å². The first-order valence-corrected chi connectivity index (χ1v) is 8.08. The van der Waals surface area contributed by atoms with Crippen LogP contribution < -0.4 is 10.0 Å². The third-order valence-electron chi connectivity index (χ3n) is 4.30. The first-order chi connectivity index (χ1) is 9.75. The quantitative estimate of drug-likeness (QED) is 0.769. The van der Waals surface area contributed by atoms with Gasteiger partial charge in [0.1, 0.15) is 4.90 Å². The molecule has 0 amide bonds. The van der Waals surface area contributed by atoms with Gasteiger partial charge in [0.05, 0.1) is 6.20 Å². The number of halogens is 3. The average Bonchev–Trinajstić information content (AvgIpc) is 2.98. The Morgan fingerprint density at radius 3 is 2.90 bits per heavy atom. The van der Waals surface area contributed by atoms with Crippen LogP contribution in [0, 0.1) is 5.92 Å².